The lowest BCUT2D eigenvalue weighted by molar-refractivity contribution is 0.0944. The summed E-state index contributed by atoms with van der Waals surface area (Å²) < 4.78 is 10.5. The molecule has 2 aromatic carbocycles. The van der Waals surface area contributed by atoms with Crippen molar-refractivity contribution >= 4 is 17.2 Å². The molecule has 3 rings (SSSR count). The third-order valence-electron chi connectivity index (χ3n) is 3.66. The molecule has 6 heteroatoms. The van der Waals surface area contributed by atoms with Gasteiger partial charge in [0, 0.05) is 10.9 Å². The third-order valence-corrected chi connectivity index (χ3v) is 4.60. The van der Waals surface area contributed by atoms with Gasteiger partial charge in [0.2, 0.25) is 0 Å². The molecule has 0 atom stereocenters. The van der Waals surface area contributed by atoms with Gasteiger partial charge in [0.15, 0.2) is 0 Å². The minimum Gasteiger partial charge on any atom is -0.496 e. The molecule has 0 unspecified atom stereocenters. The van der Waals surface area contributed by atoms with Gasteiger partial charge in [-0.1, -0.05) is 36.4 Å². The predicted octanol–water partition coefficient (Wildman–Crippen LogP) is 3.76. The maximum absolute atomic E-state index is 12.6. The summed E-state index contributed by atoms with van der Waals surface area (Å²) in [7, 11) is 3.05. The van der Waals surface area contributed by atoms with Crippen LogP contribution in [-0.4, -0.2) is 25.1 Å². The summed E-state index contributed by atoms with van der Waals surface area (Å²) in [6.07, 6.45) is 0. The second kappa shape index (κ2) is 7.81. The van der Waals surface area contributed by atoms with Crippen molar-refractivity contribution in [3.8, 4) is 22.1 Å². The Morgan fingerprint density at radius 1 is 1.04 bits per heavy atom. The highest BCUT2D eigenvalue weighted by atomic mass is 32.1. The van der Waals surface area contributed by atoms with Crippen molar-refractivity contribution in [3.63, 3.8) is 0 Å². The number of ether oxygens (including phenoxy) is 2. The number of nitrogens with zero attached hydrogens (tertiary/aromatic N) is 1. The number of aromatic nitrogens is 1. The van der Waals surface area contributed by atoms with E-state index in [1.165, 1.54) is 14.2 Å². The molecule has 5 nitrogen and oxygen atoms in total. The van der Waals surface area contributed by atoms with E-state index in [0.29, 0.717) is 23.6 Å². The van der Waals surface area contributed by atoms with Crippen LogP contribution in [0, 0.1) is 0 Å². The summed E-state index contributed by atoms with van der Waals surface area (Å²) in [5.41, 5.74) is 2.26. The van der Waals surface area contributed by atoms with Gasteiger partial charge in [-0.15, -0.1) is 11.3 Å². The van der Waals surface area contributed by atoms with Gasteiger partial charge in [0.25, 0.3) is 5.91 Å². The van der Waals surface area contributed by atoms with Gasteiger partial charge >= 0.3 is 0 Å². The molecular formula is C19H18N2O3S. The molecule has 1 N–H and O–H groups in total. The Morgan fingerprint density at radius 3 is 2.36 bits per heavy atom. The van der Waals surface area contributed by atoms with Crippen molar-refractivity contribution in [1.29, 1.82) is 0 Å². The van der Waals surface area contributed by atoms with E-state index in [1.54, 1.807) is 29.5 Å². The smallest absolute Gasteiger partial charge is 0.259 e. The number of thiazole rings is 1. The largest absolute Gasteiger partial charge is 0.496 e. The molecule has 25 heavy (non-hydrogen) atoms. The van der Waals surface area contributed by atoms with E-state index in [2.05, 4.69) is 10.3 Å². The lowest BCUT2D eigenvalue weighted by atomic mass is 10.1. The molecule has 0 bridgehead atoms. The van der Waals surface area contributed by atoms with Gasteiger partial charge < -0.3 is 14.8 Å². The number of carbonyl (C=O) groups excluding carboxylic acids is 1. The Morgan fingerprint density at radius 2 is 1.72 bits per heavy atom. The number of amides is 1. The molecule has 0 saturated carbocycles. The summed E-state index contributed by atoms with van der Waals surface area (Å²) in [5.74, 6) is 0.684. The van der Waals surface area contributed by atoms with Crippen LogP contribution in [0.3, 0.4) is 0 Å². The zero-order chi connectivity index (χ0) is 17.6. The van der Waals surface area contributed by atoms with E-state index in [9.17, 15) is 4.79 Å². The first-order valence-electron chi connectivity index (χ1n) is 7.72. The van der Waals surface area contributed by atoms with E-state index >= 15 is 0 Å². The fourth-order valence-electron chi connectivity index (χ4n) is 2.44. The van der Waals surface area contributed by atoms with Crippen LogP contribution in [0.25, 0.3) is 10.6 Å². The number of hydrogen-bond donors (Lipinski definition) is 1. The Kier molecular flexibility index (Phi) is 5.30. The Bertz CT molecular complexity index is 840. The maximum Gasteiger partial charge on any atom is 0.259 e. The van der Waals surface area contributed by atoms with Gasteiger partial charge in [0.05, 0.1) is 26.5 Å². The molecule has 1 heterocycles. The highest BCUT2D eigenvalue weighted by Crippen LogP contribution is 2.28. The quantitative estimate of drug-likeness (QED) is 0.732. The minimum absolute atomic E-state index is 0.261. The molecule has 0 saturated heterocycles. The van der Waals surface area contributed by atoms with E-state index in [0.717, 1.165) is 16.3 Å². The third kappa shape index (κ3) is 3.80. The average molecular weight is 354 g/mol. The van der Waals surface area contributed by atoms with E-state index in [-0.39, 0.29) is 5.91 Å². The van der Waals surface area contributed by atoms with Crippen molar-refractivity contribution in [2.45, 2.75) is 6.54 Å². The van der Waals surface area contributed by atoms with Crippen molar-refractivity contribution in [3.05, 3.63) is 65.2 Å². The van der Waals surface area contributed by atoms with Crippen LogP contribution >= 0.6 is 11.3 Å². The SMILES string of the molecule is COc1cccc(OC)c1C(=O)NCc1csc(-c2ccccc2)n1. The summed E-state index contributed by atoms with van der Waals surface area (Å²) in [4.78, 5) is 17.1. The summed E-state index contributed by atoms with van der Waals surface area (Å²) in [5, 5.41) is 5.75. The number of nitrogens with one attached hydrogen (secondary N) is 1. The van der Waals surface area contributed by atoms with Crippen LogP contribution < -0.4 is 14.8 Å². The first-order chi connectivity index (χ1) is 12.2. The first-order valence-corrected chi connectivity index (χ1v) is 8.60. The number of methoxy groups -OCH3 is 2. The monoisotopic (exact) mass is 354 g/mol. The van der Waals surface area contributed by atoms with Crippen molar-refractivity contribution in [2.24, 2.45) is 0 Å². The van der Waals surface area contributed by atoms with Gasteiger partial charge in [-0.25, -0.2) is 4.98 Å². The fourth-order valence-corrected chi connectivity index (χ4v) is 3.26. The van der Waals surface area contributed by atoms with E-state index in [1.807, 2.05) is 35.7 Å². The second-order valence-electron chi connectivity index (χ2n) is 5.23. The highest BCUT2D eigenvalue weighted by molar-refractivity contribution is 7.13. The molecule has 0 spiro atoms. The van der Waals surface area contributed by atoms with E-state index < -0.39 is 0 Å². The van der Waals surface area contributed by atoms with Gasteiger partial charge in [-0.3, -0.25) is 4.79 Å². The highest BCUT2D eigenvalue weighted by Gasteiger charge is 2.18. The molecule has 0 fully saturated rings. The molecular weight excluding hydrogens is 336 g/mol. The number of hydrogen-bond acceptors (Lipinski definition) is 5. The fraction of sp³-hybridized carbons (Fsp3) is 0.158. The summed E-state index contributed by atoms with van der Waals surface area (Å²) in [6.45, 7) is 0.337. The van der Waals surface area contributed by atoms with Crippen LogP contribution in [0.15, 0.2) is 53.9 Å². The lowest BCUT2D eigenvalue weighted by Gasteiger charge is -2.12. The normalized spacial score (nSPS) is 10.3. The Hall–Kier alpha value is -2.86. The van der Waals surface area contributed by atoms with Crippen LogP contribution in [-0.2, 0) is 6.54 Å². The predicted molar refractivity (Wildman–Crippen MR) is 98.3 cm³/mol. The molecule has 1 aromatic heterocycles. The maximum atomic E-state index is 12.6. The summed E-state index contributed by atoms with van der Waals surface area (Å²) in [6, 6.07) is 15.2. The van der Waals surface area contributed by atoms with Gasteiger partial charge in [-0.05, 0) is 12.1 Å². The topological polar surface area (TPSA) is 60.5 Å². The lowest BCUT2D eigenvalue weighted by Crippen LogP contribution is -2.24. The van der Waals surface area contributed by atoms with Crippen LogP contribution in [0.1, 0.15) is 16.1 Å². The molecule has 0 aliphatic heterocycles. The van der Waals surface area contributed by atoms with Crippen LogP contribution in [0.5, 0.6) is 11.5 Å². The molecule has 0 aliphatic carbocycles. The van der Waals surface area contributed by atoms with Crippen molar-refractivity contribution in [2.75, 3.05) is 14.2 Å². The molecule has 0 aliphatic rings. The Balaban J connectivity index is 1.72. The van der Waals surface area contributed by atoms with Crippen molar-refractivity contribution in [1.82, 2.24) is 10.3 Å². The molecule has 128 valence electrons. The number of carbonyl (C=O) groups is 1. The second-order valence-corrected chi connectivity index (χ2v) is 6.09. The zero-order valence-corrected chi connectivity index (χ0v) is 14.8. The number of rotatable bonds is 6. The molecule has 1 amide bonds. The molecule has 3 aromatic rings. The van der Waals surface area contributed by atoms with Crippen LogP contribution in [0.4, 0.5) is 0 Å². The standard InChI is InChI=1S/C19H18N2O3S/c1-23-15-9-6-10-16(24-2)17(15)18(22)20-11-14-12-25-19(21-14)13-7-4-3-5-8-13/h3-10,12H,11H2,1-2H3,(H,20,22). The number of benzene rings is 2. The van der Waals surface area contributed by atoms with Crippen molar-refractivity contribution < 1.29 is 14.3 Å². The minimum atomic E-state index is -0.261. The first kappa shape index (κ1) is 17.0. The zero-order valence-electron chi connectivity index (χ0n) is 14.0. The Labute approximate surface area is 150 Å². The van der Waals surface area contributed by atoms with Gasteiger partial charge in [0.1, 0.15) is 22.1 Å². The molecule has 0 radical (unpaired) electrons. The summed E-state index contributed by atoms with van der Waals surface area (Å²) >= 11 is 1.55. The van der Waals surface area contributed by atoms with Gasteiger partial charge in [-0.2, -0.15) is 0 Å². The van der Waals surface area contributed by atoms with E-state index in [4.69, 9.17) is 9.47 Å². The average Bonchev–Trinajstić information content (AvgIpc) is 3.15. The van der Waals surface area contributed by atoms with Crippen LogP contribution in [0.2, 0.25) is 0 Å².